The van der Waals surface area contributed by atoms with Crippen molar-refractivity contribution in [3.63, 3.8) is 0 Å². The molecule has 0 aliphatic rings. The van der Waals surface area contributed by atoms with Crippen LogP contribution in [0.25, 0.3) is 0 Å². The molecule has 0 spiro atoms. The second-order valence-electron chi connectivity index (χ2n) is 12.1. The van der Waals surface area contributed by atoms with Crippen molar-refractivity contribution >= 4 is 17.7 Å². The summed E-state index contributed by atoms with van der Waals surface area (Å²) in [5, 5.41) is 17.6. The zero-order valence-corrected chi connectivity index (χ0v) is 24.5. The van der Waals surface area contributed by atoms with Crippen molar-refractivity contribution in [3.05, 3.63) is 102 Å². The molecule has 3 rings (SSSR count). The molecule has 0 bridgehead atoms. The molecule has 0 aliphatic heterocycles. The van der Waals surface area contributed by atoms with Crippen molar-refractivity contribution in [1.29, 1.82) is 0 Å². The van der Waals surface area contributed by atoms with Crippen molar-refractivity contribution in [2.24, 2.45) is 0 Å². The number of para-hydroxylation sites is 1. The van der Waals surface area contributed by atoms with Crippen molar-refractivity contribution in [2.45, 2.75) is 77.8 Å². The molecule has 0 aromatic heterocycles. The SMILES string of the molecule is CC(C)(C)NC(=O)c1ccccc1N(Cc1ccccc1)CC(O)C(Cc1ccccc1)NC(=O)OC(C)(C)C. The van der Waals surface area contributed by atoms with Gasteiger partial charge in [0.2, 0.25) is 0 Å². The van der Waals surface area contributed by atoms with E-state index in [1.165, 1.54) is 0 Å². The molecule has 0 saturated heterocycles. The zero-order valence-electron chi connectivity index (χ0n) is 24.5. The first-order valence-corrected chi connectivity index (χ1v) is 13.7. The third kappa shape index (κ3) is 10.0. The molecule has 214 valence electrons. The Labute approximate surface area is 238 Å². The Kier molecular flexibility index (Phi) is 10.3. The van der Waals surface area contributed by atoms with Crippen LogP contribution in [0.1, 0.15) is 63.0 Å². The summed E-state index contributed by atoms with van der Waals surface area (Å²) in [5.74, 6) is -0.191. The van der Waals surface area contributed by atoms with Crippen LogP contribution in [-0.4, -0.2) is 46.9 Å². The maximum absolute atomic E-state index is 13.3. The van der Waals surface area contributed by atoms with Crippen LogP contribution in [0.3, 0.4) is 0 Å². The number of aliphatic hydroxyl groups is 1. The Morgan fingerprint density at radius 2 is 1.38 bits per heavy atom. The first-order valence-electron chi connectivity index (χ1n) is 13.7. The second-order valence-corrected chi connectivity index (χ2v) is 12.1. The molecule has 0 radical (unpaired) electrons. The van der Waals surface area contributed by atoms with Crippen molar-refractivity contribution < 1.29 is 19.4 Å². The highest BCUT2D eigenvalue weighted by atomic mass is 16.6. The number of anilines is 1. The number of benzene rings is 3. The van der Waals surface area contributed by atoms with Crippen LogP contribution < -0.4 is 15.5 Å². The number of alkyl carbamates (subject to hydrolysis) is 1. The number of carbonyl (C=O) groups excluding carboxylic acids is 2. The summed E-state index contributed by atoms with van der Waals surface area (Å²) in [4.78, 5) is 28.1. The molecule has 40 heavy (non-hydrogen) atoms. The average molecular weight is 546 g/mol. The molecule has 2 atom stereocenters. The maximum Gasteiger partial charge on any atom is 0.407 e. The maximum atomic E-state index is 13.3. The highest BCUT2D eigenvalue weighted by Gasteiger charge is 2.28. The largest absolute Gasteiger partial charge is 0.444 e. The summed E-state index contributed by atoms with van der Waals surface area (Å²) in [6.45, 7) is 11.9. The summed E-state index contributed by atoms with van der Waals surface area (Å²) in [6, 6.07) is 26.4. The van der Waals surface area contributed by atoms with Gasteiger partial charge in [0.1, 0.15) is 5.60 Å². The standard InChI is InChI=1S/C33H43N3O4/c1-32(2,3)35-30(38)26-19-13-14-20-28(26)36(22-25-17-11-8-12-18-25)23-29(37)27(21-24-15-9-7-10-16-24)34-31(39)40-33(4,5)6/h7-20,27,29,37H,21-23H2,1-6H3,(H,34,39)(H,35,38). The number of ether oxygens (including phenoxy) is 1. The molecule has 7 heteroatoms. The lowest BCUT2D eigenvalue weighted by Crippen LogP contribution is -2.51. The van der Waals surface area contributed by atoms with E-state index in [9.17, 15) is 14.7 Å². The molecule has 3 aromatic carbocycles. The van der Waals surface area contributed by atoms with Crippen molar-refractivity contribution in [3.8, 4) is 0 Å². The van der Waals surface area contributed by atoms with E-state index in [-0.39, 0.29) is 12.5 Å². The summed E-state index contributed by atoms with van der Waals surface area (Å²) in [5.41, 5.74) is 2.13. The fraction of sp³-hybridized carbons (Fsp3) is 0.394. The molecule has 2 unspecified atom stereocenters. The highest BCUT2D eigenvalue weighted by Crippen LogP contribution is 2.25. The molecule has 2 amide bonds. The Morgan fingerprint density at radius 1 is 0.825 bits per heavy atom. The molecule has 0 saturated carbocycles. The number of nitrogens with one attached hydrogen (secondary N) is 2. The van der Waals surface area contributed by atoms with E-state index in [1.807, 2.05) is 105 Å². The van der Waals surface area contributed by atoms with Gasteiger partial charge in [0, 0.05) is 24.3 Å². The van der Waals surface area contributed by atoms with Gasteiger partial charge < -0.3 is 25.4 Å². The molecule has 0 aliphatic carbocycles. The summed E-state index contributed by atoms with van der Waals surface area (Å²) in [6.07, 6.45) is -1.16. The fourth-order valence-electron chi connectivity index (χ4n) is 4.36. The van der Waals surface area contributed by atoms with E-state index in [1.54, 1.807) is 26.8 Å². The first kappa shape index (κ1) is 30.7. The van der Waals surface area contributed by atoms with Gasteiger partial charge in [0.15, 0.2) is 0 Å². The lowest BCUT2D eigenvalue weighted by molar-refractivity contribution is 0.0428. The van der Waals surface area contributed by atoms with Gasteiger partial charge in [-0.25, -0.2) is 4.79 Å². The van der Waals surface area contributed by atoms with E-state index >= 15 is 0 Å². The van der Waals surface area contributed by atoms with Gasteiger partial charge in [-0.05, 0) is 71.2 Å². The van der Waals surface area contributed by atoms with E-state index < -0.39 is 29.4 Å². The highest BCUT2D eigenvalue weighted by molar-refractivity contribution is 6.00. The molecular formula is C33H43N3O4. The van der Waals surface area contributed by atoms with Crippen LogP contribution in [-0.2, 0) is 17.7 Å². The molecular weight excluding hydrogens is 502 g/mol. The van der Waals surface area contributed by atoms with Crippen LogP contribution >= 0.6 is 0 Å². The minimum absolute atomic E-state index is 0.169. The second kappa shape index (κ2) is 13.5. The monoisotopic (exact) mass is 545 g/mol. The summed E-state index contributed by atoms with van der Waals surface area (Å²) in [7, 11) is 0. The van der Waals surface area contributed by atoms with Crippen molar-refractivity contribution in [2.75, 3.05) is 11.4 Å². The summed E-state index contributed by atoms with van der Waals surface area (Å²) >= 11 is 0. The molecule has 0 fully saturated rings. The molecule has 0 heterocycles. The third-order valence-corrected chi connectivity index (χ3v) is 6.07. The minimum atomic E-state index is -0.977. The van der Waals surface area contributed by atoms with Crippen LogP contribution in [0.4, 0.5) is 10.5 Å². The minimum Gasteiger partial charge on any atom is -0.444 e. The first-order chi connectivity index (χ1) is 18.8. The smallest absolute Gasteiger partial charge is 0.407 e. The van der Waals surface area contributed by atoms with Crippen molar-refractivity contribution in [1.82, 2.24) is 10.6 Å². The van der Waals surface area contributed by atoms with Gasteiger partial charge in [-0.1, -0.05) is 72.8 Å². The van der Waals surface area contributed by atoms with Gasteiger partial charge >= 0.3 is 6.09 Å². The lowest BCUT2D eigenvalue weighted by Gasteiger charge is -2.33. The number of carbonyl (C=O) groups is 2. The predicted molar refractivity (Wildman–Crippen MR) is 160 cm³/mol. The number of aliphatic hydroxyl groups excluding tert-OH is 1. The van der Waals surface area contributed by atoms with Gasteiger partial charge in [0.25, 0.3) is 5.91 Å². The zero-order chi connectivity index (χ0) is 29.3. The van der Waals surface area contributed by atoms with Crippen LogP contribution in [0.2, 0.25) is 0 Å². The molecule has 7 nitrogen and oxygen atoms in total. The van der Waals surface area contributed by atoms with Gasteiger partial charge in [-0.2, -0.15) is 0 Å². The Hall–Kier alpha value is -3.84. The number of hydrogen-bond donors (Lipinski definition) is 3. The van der Waals surface area contributed by atoms with Crippen LogP contribution in [0.5, 0.6) is 0 Å². The number of amides is 2. The Morgan fingerprint density at radius 3 is 1.95 bits per heavy atom. The number of hydrogen-bond acceptors (Lipinski definition) is 5. The van der Waals surface area contributed by atoms with Crippen LogP contribution in [0, 0.1) is 0 Å². The normalized spacial score (nSPS) is 13.2. The van der Waals surface area contributed by atoms with E-state index in [0.29, 0.717) is 24.2 Å². The van der Waals surface area contributed by atoms with Gasteiger partial charge in [-0.15, -0.1) is 0 Å². The summed E-state index contributed by atoms with van der Waals surface area (Å²) < 4.78 is 5.51. The third-order valence-electron chi connectivity index (χ3n) is 6.07. The topological polar surface area (TPSA) is 90.9 Å². The Bertz CT molecular complexity index is 1230. The van der Waals surface area contributed by atoms with Crippen LogP contribution in [0.15, 0.2) is 84.9 Å². The van der Waals surface area contributed by atoms with Gasteiger partial charge in [0.05, 0.1) is 17.7 Å². The predicted octanol–water partition coefficient (Wildman–Crippen LogP) is 5.72. The number of rotatable bonds is 10. The molecule has 3 aromatic rings. The van der Waals surface area contributed by atoms with E-state index in [0.717, 1.165) is 11.1 Å². The van der Waals surface area contributed by atoms with Gasteiger partial charge in [-0.3, -0.25) is 4.79 Å². The number of nitrogens with zero attached hydrogens (tertiary/aromatic N) is 1. The quantitative estimate of drug-likeness (QED) is 0.303. The molecule has 3 N–H and O–H groups in total. The lowest BCUT2D eigenvalue weighted by atomic mass is 10.00. The fourth-order valence-corrected chi connectivity index (χ4v) is 4.36. The van der Waals surface area contributed by atoms with E-state index in [4.69, 9.17) is 4.74 Å². The average Bonchev–Trinajstić information content (AvgIpc) is 2.87. The Balaban J connectivity index is 1.95. The van der Waals surface area contributed by atoms with E-state index in [2.05, 4.69) is 10.6 Å².